The molecule has 0 aliphatic carbocycles. The average Bonchev–Trinajstić information content (AvgIpc) is 3.18. The molecule has 0 N–H and O–H groups in total. The number of benzene rings is 6. The summed E-state index contributed by atoms with van der Waals surface area (Å²) in [5.41, 5.74) is 7.94. The van der Waals surface area contributed by atoms with E-state index in [1.165, 1.54) is 0 Å². The van der Waals surface area contributed by atoms with Crippen LogP contribution in [0.1, 0.15) is 33.4 Å². The third-order valence-electron chi connectivity index (χ3n) is 7.84. The number of carbonyl (C=O) groups is 2. The van der Waals surface area contributed by atoms with Crippen LogP contribution in [0, 0.1) is 0 Å². The van der Waals surface area contributed by atoms with E-state index in [0.717, 1.165) is 44.5 Å². The van der Waals surface area contributed by atoms with Crippen molar-refractivity contribution in [1.82, 2.24) is 0 Å². The van der Waals surface area contributed by atoms with Gasteiger partial charge in [-0.25, -0.2) is 0 Å². The summed E-state index contributed by atoms with van der Waals surface area (Å²) in [5.74, 6) is 0.0770. The number of hydrogen-bond donors (Lipinski definition) is 0. The van der Waals surface area contributed by atoms with E-state index in [2.05, 4.69) is 0 Å². The summed E-state index contributed by atoms with van der Waals surface area (Å²) >= 11 is 0. The topological polar surface area (TPSA) is 34.1 Å². The Hall–Kier alpha value is -5.72. The zero-order valence-corrected chi connectivity index (χ0v) is 29.9. The first-order valence-corrected chi connectivity index (χ1v) is 16.8. The Labute approximate surface area is 315 Å². The number of ketones is 2. The van der Waals surface area contributed by atoms with E-state index < -0.39 is 0 Å². The molecule has 0 aromatic heterocycles. The van der Waals surface area contributed by atoms with Crippen molar-refractivity contribution < 1.29 is 30.0 Å². The van der Waals surface area contributed by atoms with E-state index in [4.69, 9.17) is 0 Å². The van der Waals surface area contributed by atoms with Crippen LogP contribution in [0.3, 0.4) is 0 Å². The van der Waals surface area contributed by atoms with E-state index in [9.17, 15) is 9.59 Å². The minimum absolute atomic E-state index is 0. The molecule has 0 saturated heterocycles. The van der Waals surface area contributed by atoms with Gasteiger partial charge in [0.25, 0.3) is 0 Å². The predicted octanol–water partition coefficient (Wildman–Crippen LogP) is 11.2. The van der Waals surface area contributed by atoms with Crippen LogP contribution in [0.2, 0.25) is 0 Å². The second kappa shape index (κ2) is 21.4. The molecule has 0 fully saturated rings. The molecule has 2 nitrogen and oxygen atoms in total. The van der Waals surface area contributed by atoms with E-state index in [0.29, 0.717) is 12.8 Å². The van der Waals surface area contributed by atoms with Gasteiger partial charge in [0.05, 0.1) is 0 Å². The molecule has 3 heteroatoms. The summed E-state index contributed by atoms with van der Waals surface area (Å²) in [6.45, 7) is 0. The maximum atomic E-state index is 12.8. The van der Waals surface area contributed by atoms with Crippen LogP contribution >= 0.6 is 0 Å². The van der Waals surface area contributed by atoms with Gasteiger partial charge in [-0.1, -0.05) is 194 Å². The quantitative estimate of drug-likeness (QED) is 0.0921. The maximum absolute atomic E-state index is 12.8. The van der Waals surface area contributed by atoms with E-state index in [-0.39, 0.29) is 32.0 Å². The van der Waals surface area contributed by atoms with Crippen molar-refractivity contribution in [2.24, 2.45) is 0 Å². The van der Waals surface area contributed by atoms with Gasteiger partial charge in [0.15, 0.2) is 11.6 Å². The molecule has 0 atom stereocenters. The molecule has 0 aliphatic heterocycles. The van der Waals surface area contributed by atoms with Crippen LogP contribution in [0.5, 0.6) is 0 Å². The van der Waals surface area contributed by atoms with E-state index in [1.54, 1.807) is 12.2 Å². The minimum atomic E-state index is 0. The summed E-state index contributed by atoms with van der Waals surface area (Å²) in [6.07, 6.45) is 12.2. The number of rotatable bonds is 12. The Bertz CT molecular complexity index is 1880. The summed E-state index contributed by atoms with van der Waals surface area (Å²) in [4.78, 5) is 25.5. The van der Waals surface area contributed by atoms with Gasteiger partial charge in [0, 0.05) is 44.4 Å². The van der Waals surface area contributed by atoms with Gasteiger partial charge in [-0.2, -0.15) is 0 Å². The van der Waals surface area contributed by atoms with Gasteiger partial charge < -0.3 is 0 Å². The summed E-state index contributed by atoms with van der Waals surface area (Å²) in [5, 5.41) is 0. The van der Waals surface area contributed by atoms with Crippen LogP contribution < -0.4 is 0 Å². The molecular weight excluding hydrogens is 715 g/mol. The molecule has 0 amide bonds. The fraction of sp³-hybridized carbons (Fsp3) is 0.0417. The first-order valence-electron chi connectivity index (χ1n) is 16.8. The first kappa shape index (κ1) is 38.1. The predicted molar refractivity (Wildman–Crippen MR) is 210 cm³/mol. The van der Waals surface area contributed by atoms with Gasteiger partial charge in [0.2, 0.25) is 0 Å². The first-order chi connectivity index (χ1) is 24.6. The molecule has 0 bridgehead atoms. The Kier molecular flexibility index (Phi) is 16.0. The zero-order chi connectivity index (χ0) is 34.6. The Morgan fingerprint density at radius 1 is 0.353 bits per heavy atom. The molecule has 0 saturated carbocycles. The number of hydrogen-bond acceptors (Lipinski definition) is 2. The van der Waals surface area contributed by atoms with Crippen molar-refractivity contribution in [3.8, 4) is 0 Å². The summed E-state index contributed by atoms with van der Waals surface area (Å²) in [6, 6.07) is 59.9. The second-order valence-electron chi connectivity index (χ2n) is 11.7. The molecule has 0 spiro atoms. The van der Waals surface area contributed by atoms with Crippen LogP contribution in [-0.4, -0.2) is 11.6 Å². The fourth-order valence-corrected chi connectivity index (χ4v) is 5.24. The molecule has 0 heterocycles. The van der Waals surface area contributed by atoms with Crippen LogP contribution in [0.15, 0.2) is 205 Å². The van der Waals surface area contributed by atoms with Crippen molar-refractivity contribution in [2.45, 2.75) is 12.8 Å². The van der Waals surface area contributed by atoms with Crippen molar-refractivity contribution in [3.05, 3.63) is 239 Å². The molecule has 6 aromatic carbocycles. The molecule has 51 heavy (non-hydrogen) atoms. The minimum Gasteiger partial charge on any atom is -0.290 e. The monoisotopic (exact) mass is 754 g/mol. The third kappa shape index (κ3) is 13.6. The average molecular weight is 755 g/mol. The smallest absolute Gasteiger partial charge is 0.182 e. The Balaban J connectivity index is 0.000000224. The standard InChI is InChI=1S/2C24H20O.Pd/c2*25-24(17-16-20-10-4-1-5-11-20)23(18-21-12-6-2-7-13-21)19-22-14-8-3-9-15-22;/h2*1-18H,19H2;. The van der Waals surface area contributed by atoms with Crippen molar-refractivity contribution >= 4 is 35.9 Å². The van der Waals surface area contributed by atoms with Crippen molar-refractivity contribution in [1.29, 1.82) is 0 Å². The van der Waals surface area contributed by atoms with Gasteiger partial charge in [0.1, 0.15) is 0 Å². The summed E-state index contributed by atoms with van der Waals surface area (Å²) < 4.78 is 0. The molecule has 254 valence electrons. The summed E-state index contributed by atoms with van der Waals surface area (Å²) in [7, 11) is 0. The fourth-order valence-electron chi connectivity index (χ4n) is 5.24. The van der Waals surface area contributed by atoms with Crippen molar-refractivity contribution in [2.75, 3.05) is 0 Å². The molecule has 0 unspecified atom stereocenters. The molecule has 6 aromatic rings. The SMILES string of the molecule is O=C(C=Cc1ccccc1)C(=Cc1ccccc1)Cc1ccccc1.O=C(C=Cc1ccccc1)C(=Cc1ccccc1)Cc1ccccc1.[Pd]. The molecular formula is C48H40O2Pd. The van der Waals surface area contributed by atoms with Crippen LogP contribution in [-0.2, 0) is 42.9 Å². The molecule has 0 radical (unpaired) electrons. The van der Waals surface area contributed by atoms with Crippen LogP contribution in [0.25, 0.3) is 24.3 Å². The number of allylic oxidation sites excluding steroid dienone is 4. The van der Waals surface area contributed by atoms with Crippen LogP contribution in [0.4, 0.5) is 0 Å². The molecule has 6 rings (SSSR count). The van der Waals surface area contributed by atoms with Gasteiger partial charge >= 0.3 is 0 Å². The Morgan fingerprint density at radius 3 is 0.902 bits per heavy atom. The second-order valence-corrected chi connectivity index (χ2v) is 11.7. The van der Waals surface area contributed by atoms with E-state index in [1.807, 2.05) is 206 Å². The van der Waals surface area contributed by atoms with Gasteiger partial charge in [-0.05, 0) is 57.7 Å². The normalized spacial score (nSPS) is 11.4. The van der Waals surface area contributed by atoms with Gasteiger partial charge in [-0.3, -0.25) is 9.59 Å². The zero-order valence-electron chi connectivity index (χ0n) is 28.3. The van der Waals surface area contributed by atoms with E-state index >= 15 is 0 Å². The number of carbonyl (C=O) groups excluding carboxylic acids is 2. The molecule has 0 aliphatic rings. The third-order valence-corrected chi connectivity index (χ3v) is 7.84. The Morgan fingerprint density at radius 2 is 0.608 bits per heavy atom. The largest absolute Gasteiger partial charge is 0.290 e. The van der Waals surface area contributed by atoms with Crippen molar-refractivity contribution in [3.63, 3.8) is 0 Å². The maximum Gasteiger partial charge on any atom is 0.182 e. The van der Waals surface area contributed by atoms with Gasteiger partial charge in [-0.15, -0.1) is 0 Å².